The van der Waals surface area contributed by atoms with Crippen LogP contribution in [0.25, 0.3) is 50.8 Å². The van der Waals surface area contributed by atoms with Gasteiger partial charge < -0.3 is 8.98 Å². The summed E-state index contributed by atoms with van der Waals surface area (Å²) in [4.78, 5) is 0. The van der Waals surface area contributed by atoms with Gasteiger partial charge in [-0.2, -0.15) is 5.26 Å². The number of aryl methyl sites for hydroxylation is 2. The van der Waals surface area contributed by atoms with Crippen molar-refractivity contribution in [2.24, 2.45) is 0 Å². The summed E-state index contributed by atoms with van der Waals surface area (Å²) in [5, 5.41) is 12.2. The molecule has 34 heavy (non-hydrogen) atoms. The van der Waals surface area contributed by atoms with Crippen LogP contribution in [0.2, 0.25) is 0 Å². The number of furan rings is 1. The van der Waals surface area contributed by atoms with E-state index in [1.165, 1.54) is 33.1 Å². The maximum atomic E-state index is 9.76. The predicted octanol–water partition coefficient (Wildman–Crippen LogP) is 7.83. The Balaban J connectivity index is 1.59. The Morgan fingerprint density at radius 2 is 1.68 bits per heavy atom. The number of hydrogen-bond donors (Lipinski definition) is 0. The fourth-order valence-electron chi connectivity index (χ4n) is 5.72. The summed E-state index contributed by atoms with van der Waals surface area (Å²) >= 11 is 0. The van der Waals surface area contributed by atoms with Crippen LogP contribution >= 0.6 is 0 Å². The van der Waals surface area contributed by atoms with Gasteiger partial charge in [-0.15, -0.1) is 0 Å². The van der Waals surface area contributed by atoms with Crippen LogP contribution in [0.15, 0.2) is 77.2 Å². The summed E-state index contributed by atoms with van der Waals surface area (Å²) in [6, 6.07) is 23.4. The molecule has 3 nitrogen and oxygen atoms in total. The van der Waals surface area contributed by atoms with Crippen LogP contribution < -0.4 is 0 Å². The number of nitriles is 1. The van der Waals surface area contributed by atoms with Crippen molar-refractivity contribution >= 4 is 34.0 Å². The van der Waals surface area contributed by atoms with E-state index < -0.39 is 0 Å². The zero-order chi connectivity index (χ0) is 22.6. The minimum absolute atomic E-state index is 0.661. The Kier molecular flexibility index (Phi) is 4.16. The fraction of sp³-hybridized carbons (Fsp3) is 0.129. The van der Waals surface area contributed by atoms with Crippen molar-refractivity contribution in [1.29, 1.82) is 5.26 Å². The Morgan fingerprint density at radius 3 is 2.59 bits per heavy atom. The molecule has 0 radical (unpaired) electrons. The average molecular weight is 439 g/mol. The number of rotatable bonds is 2. The average Bonchev–Trinajstić information content (AvgIpc) is 3.44. The molecule has 0 N–H and O–H groups in total. The molecule has 3 aromatic carbocycles. The number of hydrogen-bond acceptors (Lipinski definition) is 2. The van der Waals surface area contributed by atoms with Crippen LogP contribution in [-0.4, -0.2) is 4.57 Å². The molecule has 162 valence electrons. The van der Waals surface area contributed by atoms with Crippen molar-refractivity contribution in [1.82, 2.24) is 4.57 Å². The van der Waals surface area contributed by atoms with Crippen molar-refractivity contribution < 1.29 is 4.42 Å². The standard InChI is InChI=1S/C31H22N2O/c32-19-20-16-17-28(33-26-12-4-1-8-21(26)22-9-2-5-13-27(22)33)25(18-20)23-11-7-15-30-31(23)24-10-3-6-14-29(24)34-30/h1,4-8,11-18H,2-3,9-10H2. The number of aromatic nitrogens is 1. The highest BCUT2D eigenvalue weighted by Crippen LogP contribution is 2.42. The van der Waals surface area contributed by atoms with Crippen LogP contribution in [0, 0.1) is 11.3 Å². The predicted molar refractivity (Wildman–Crippen MR) is 138 cm³/mol. The molecule has 2 aliphatic rings. The molecule has 7 rings (SSSR count). The summed E-state index contributed by atoms with van der Waals surface area (Å²) in [6.07, 6.45) is 12.9. The molecule has 2 aliphatic carbocycles. The maximum Gasteiger partial charge on any atom is 0.135 e. The van der Waals surface area contributed by atoms with E-state index in [9.17, 15) is 5.26 Å². The summed E-state index contributed by atoms with van der Waals surface area (Å²) in [5.74, 6) is 0.957. The molecule has 0 saturated heterocycles. The topological polar surface area (TPSA) is 41.9 Å². The van der Waals surface area contributed by atoms with Gasteiger partial charge in [0.15, 0.2) is 0 Å². The zero-order valence-corrected chi connectivity index (χ0v) is 18.7. The fourth-order valence-corrected chi connectivity index (χ4v) is 5.72. The lowest BCUT2D eigenvalue weighted by Gasteiger charge is -2.17. The quantitative estimate of drug-likeness (QED) is 0.282. The zero-order valence-electron chi connectivity index (χ0n) is 18.7. The highest BCUT2D eigenvalue weighted by atomic mass is 16.3. The van der Waals surface area contributed by atoms with Crippen molar-refractivity contribution in [3.05, 3.63) is 101 Å². The Morgan fingerprint density at radius 1 is 0.824 bits per heavy atom. The van der Waals surface area contributed by atoms with Gasteiger partial charge in [0.2, 0.25) is 0 Å². The lowest BCUT2D eigenvalue weighted by Crippen LogP contribution is -2.03. The summed E-state index contributed by atoms with van der Waals surface area (Å²) in [7, 11) is 0. The van der Waals surface area contributed by atoms with E-state index in [0.717, 1.165) is 53.8 Å². The van der Waals surface area contributed by atoms with Gasteiger partial charge in [-0.25, -0.2) is 0 Å². The van der Waals surface area contributed by atoms with E-state index in [2.05, 4.69) is 83.5 Å². The maximum absolute atomic E-state index is 9.76. The molecule has 2 heterocycles. The second-order valence-electron chi connectivity index (χ2n) is 9.07. The Labute approximate surface area is 197 Å². The van der Waals surface area contributed by atoms with Gasteiger partial charge in [-0.1, -0.05) is 42.5 Å². The van der Waals surface area contributed by atoms with Gasteiger partial charge in [-0.05, 0) is 79.3 Å². The van der Waals surface area contributed by atoms with Gasteiger partial charge in [0, 0.05) is 27.6 Å². The molecular formula is C31H22N2O. The molecule has 0 atom stereocenters. The van der Waals surface area contributed by atoms with E-state index in [1.54, 1.807) is 0 Å². The molecular weight excluding hydrogens is 416 g/mol. The smallest absolute Gasteiger partial charge is 0.135 e. The first-order chi connectivity index (χ1) is 16.8. The first-order valence-corrected chi connectivity index (χ1v) is 11.9. The van der Waals surface area contributed by atoms with Crippen LogP contribution in [0.3, 0.4) is 0 Å². The third-order valence-corrected chi connectivity index (χ3v) is 7.19. The van der Waals surface area contributed by atoms with Crippen LogP contribution in [0.5, 0.6) is 0 Å². The molecule has 0 aliphatic heterocycles. The first-order valence-electron chi connectivity index (χ1n) is 11.9. The SMILES string of the molecule is N#Cc1ccc(-n2c3c(c4ccccc42)CCC=C3)c(-c2cccc3oc4c(c23)CCC=C4)c1. The van der Waals surface area contributed by atoms with Crippen molar-refractivity contribution in [2.45, 2.75) is 25.7 Å². The number of benzene rings is 3. The van der Waals surface area contributed by atoms with Crippen LogP contribution in [0.1, 0.15) is 41.0 Å². The summed E-state index contributed by atoms with van der Waals surface area (Å²) in [5.41, 5.74) is 9.95. The van der Waals surface area contributed by atoms with Crippen LogP contribution in [0.4, 0.5) is 0 Å². The van der Waals surface area contributed by atoms with E-state index in [4.69, 9.17) is 4.42 Å². The molecule has 3 heteroatoms. The van der Waals surface area contributed by atoms with E-state index in [1.807, 2.05) is 12.1 Å². The molecule has 0 unspecified atom stereocenters. The molecule has 2 aromatic heterocycles. The molecule has 0 fully saturated rings. The molecule has 5 aromatic rings. The highest BCUT2D eigenvalue weighted by molar-refractivity contribution is 6.01. The third-order valence-electron chi connectivity index (χ3n) is 7.19. The summed E-state index contributed by atoms with van der Waals surface area (Å²) < 4.78 is 8.61. The highest BCUT2D eigenvalue weighted by Gasteiger charge is 2.23. The molecule has 0 spiro atoms. The number of fused-ring (bicyclic) bond motifs is 6. The lowest BCUT2D eigenvalue weighted by molar-refractivity contribution is 0.595. The number of nitrogens with zero attached hydrogens (tertiary/aromatic N) is 2. The van der Waals surface area contributed by atoms with Gasteiger partial charge in [0.1, 0.15) is 11.3 Å². The Bertz CT molecular complexity index is 1720. The largest absolute Gasteiger partial charge is 0.456 e. The molecule has 0 bridgehead atoms. The normalized spacial score (nSPS) is 14.3. The van der Waals surface area contributed by atoms with Crippen molar-refractivity contribution in [3.8, 4) is 22.9 Å². The lowest BCUT2D eigenvalue weighted by atomic mass is 9.92. The van der Waals surface area contributed by atoms with Gasteiger partial charge >= 0.3 is 0 Å². The van der Waals surface area contributed by atoms with Crippen molar-refractivity contribution in [3.63, 3.8) is 0 Å². The molecule has 0 amide bonds. The van der Waals surface area contributed by atoms with E-state index in [0.29, 0.717) is 5.56 Å². The number of allylic oxidation sites excluding steroid dienone is 2. The van der Waals surface area contributed by atoms with Gasteiger partial charge in [-0.3, -0.25) is 0 Å². The van der Waals surface area contributed by atoms with Gasteiger partial charge in [0.25, 0.3) is 0 Å². The van der Waals surface area contributed by atoms with Crippen LogP contribution in [-0.2, 0) is 12.8 Å². The second kappa shape index (κ2) is 7.37. The van der Waals surface area contributed by atoms with E-state index in [-0.39, 0.29) is 0 Å². The first kappa shape index (κ1) is 19.2. The number of para-hydroxylation sites is 1. The summed E-state index contributed by atoms with van der Waals surface area (Å²) in [6.45, 7) is 0. The Hall–Kier alpha value is -4.29. The third kappa shape index (κ3) is 2.69. The van der Waals surface area contributed by atoms with Crippen molar-refractivity contribution in [2.75, 3.05) is 0 Å². The minimum Gasteiger partial charge on any atom is -0.456 e. The second-order valence-corrected chi connectivity index (χ2v) is 9.07. The molecule has 0 saturated carbocycles. The minimum atomic E-state index is 0.661. The van der Waals surface area contributed by atoms with E-state index >= 15 is 0 Å². The van der Waals surface area contributed by atoms with Gasteiger partial charge in [0.05, 0.1) is 22.8 Å². The monoisotopic (exact) mass is 438 g/mol.